The fraction of sp³-hybridized carbons (Fsp3) is 0.250. The van der Waals surface area contributed by atoms with Crippen molar-refractivity contribution in [2.45, 2.75) is 25.9 Å². The Labute approximate surface area is 107 Å². The largest absolute Gasteiger partial charge is 0.384 e. The summed E-state index contributed by atoms with van der Waals surface area (Å²) >= 11 is 0. The first-order valence-electron chi connectivity index (χ1n) is 6.12. The van der Waals surface area contributed by atoms with Crippen molar-refractivity contribution in [1.82, 2.24) is 0 Å². The van der Waals surface area contributed by atoms with E-state index in [-0.39, 0.29) is 5.82 Å². The lowest BCUT2D eigenvalue weighted by molar-refractivity contribution is 0.215. The van der Waals surface area contributed by atoms with E-state index in [0.717, 1.165) is 0 Å². The smallest absolute Gasteiger partial charge is 0.129 e. The summed E-state index contributed by atoms with van der Waals surface area (Å²) in [5, 5.41) is 10.2. The van der Waals surface area contributed by atoms with Crippen LogP contribution in [0.15, 0.2) is 48.5 Å². The van der Waals surface area contributed by atoms with E-state index >= 15 is 0 Å². The van der Waals surface area contributed by atoms with Gasteiger partial charge in [-0.3, -0.25) is 0 Å². The van der Waals surface area contributed by atoms with E-state index in [1.54, 1.807) is 18.2 Å². The molecule has 0 heterocycles. The fourth-order valence-corrected chi connectivity index (χ4v) is 1.94. The van der Waals surface area contributed by atoms with Crippen molar-refractivity contribution in [1.29, 1.82) is 0 Å². The minimum absolute atomic E-state index is 0.315. The summed E-state index contributed by atoms with van der Waals surface area (Å²) in [4.78, 5) is 0. The molecule has 0 unspecified atom stereocenters. The second-order valence-electron chi connectivity index (χ2n) is 4.75. The Morgan fingerprint density at radius 2 is 1.44 bits per heavy atom. The van der Waals surface area contributed by atoms with E-state index in [9.17, 15) is 9.50 Å². The normalized spacial score (nSPS) is 12.7. The van der Waals surface area contributed by atoms with E-state index in [2.05, 4.69) is 13.8 Å². The molecule has 0 aliphatic carbocycles. The zero-order valence-corrected chi connectivity index (χ0v) is 10.6. The fourth-order valence-electron chi connectivity index (χ4n) is 1.94. The lowest BCUT2D eigenvalue weighted by atomic mass is 9.97. The minimum atomic E-state index is -0.910. The molecule has 0 fully saturated rings. The lowest BCUT2D eigenvalue weighted by Crippen LogP contribution is -2.02. The van der Waals surface area contributed by atoms with E-state index < -0.39 is 6.10 Å². The molecule has 2 aromatic rings. The molecule has 94 valence electrons. The molecule has 2 rings (SSSR count). The first kappa shape index (κ1) is 12.8. The van der Waals surface area contributed by atoms with Crippen molar-refractivity contribution < 1.29 is 9.50 Å². The number of hydrogen-bond donors (Lipinski definition) is 1. The summed E-state index contributed by atoms with van der Waals surface area (Å²) in [6.07, 6.45) is -0.910. The third-order valence-electron chi connectivity index (χ3n) is 3.12. The van der Waals surface area contributed by atoms with Gasteiger partial charge in [0, 0.05) is 5.56 Å². The lowest BCUT2D eigenvalue weighted by Gasteiger charge is -2.13. The molecule has 0 aliphatic heterocycles. The maximum atomic E-state index is 13.6. The first-order chi connectivity index (χ1) is 8.59. The number of rotatable bonds is 3. The van der Waals surface area contributed by atoms with Gasteiger partial charge in [0.1, 0.15) is 11.9 Å². The van der Waals surface area contributed by atoms with Crippen LogP contribution in [0.4, 0.5) is 4.39 Å². The molecule has 0 spiro atoms. The van der Waals surface area contributed by atoms with Gasteiger partial charge in [0.2, 0.25) is 0 Å². The van der Waals surface area contributed by atoms with Gasteiger partial charge < -0.3 is 5.11 Å². The van der Waals surface area contributed by atoms with Crippen LogP contribution in [0.25, 0.3) is 0 Å². The topological polar surface area (TPSA) is 20.2 Å². The van der Waals surface area contributed by atoms with Gasteiger partial charge in [0.05, 0.1) is 0 Å². The molecular weight excluding hydrogens is 227 g/mol. The predicted octanol–water partition coefficient (Wildman–Crippen LogP) is 4.03. The highest BCUT2D eigenvalue weighted by Crippen LogP contribution is 2.25. The van der Waals surface area contributed by atoms with Crippen LogP contribution < -0.4 is 0 Å². The Morgan fingerprint density at radius 3 is 2.00 bits per heavy atom. The average molecular weight is 244 g/mol. The predicted molar refractivity (Wildman–Crippen MR) is 71.0 cm³/mol. The number of benzene rings is 2. The second-order valence-corrected chi connectivity index (χ2v) is 4.75. The molecule has 1 nitrogen and oxygen atoms in total. The van der Waals surface area contributed by atoms with Crippen LogP contribution in [0, 0.1) is 5.82 Å². The van der Waals surface area contributed by atoms with Gasteiger partial charge >= 0.3 is 0 Å². The van der Waals surface area contributed by atoms with Crippen molar-refractivity contribution in [3.8, 4) is 0 Å². The molecule has 0 saturated carbocycles. The van der Waals surface area contributed by atoms with Gasteiger partial charge in [-0.2, -0.15) is 0 Å². The second kappa shape index (κ2) is 5.32. The van der Waals surface area contributed by atoms with Gasteiger partial charge in [-0.25, -0.2) is 4.39 Å². The van der Waals surface area contributed by atoms with Crippen LogP contribution in [-0.4, -0.2) is 5.11 Å². The molecule has 0 bridgehead atoms. The van der Waals surface area contributed by atoms with Gasteiger partial charge in [-0.05, 0) is 23.1 Å². The van der Waals surface area contributed by atoms with Crippen LogP contribution in [0.3, 0.4) is 0 Å². The van der Waals surface area contributed by atoms with Crippen molar-refractivity contribution in [2.75, 3.05) is 0 Å². The average Bonchev–Trinajstić information content (AvgIpc) is 2.38. The maximum Gasteiger partial charge on any atom is 0.129 e. The Balaban J connectivity index is 2.29. The van der Waals surface area contributed by atoms with Crippen molar-refractivity contribution in [3.63, 3.8) is 0 Å². The van der Waals surface area contributed by atoms with Gasteiger partial charge in [-0.15, -0.1) is 0 Å². The maximum absolute atomic E-state index is 13.6. The van der Waals surface area contributed by atoms with E-state index in [4.69, 9.17) is 0 Å². The summed E-state index contributed by atoms with van der Waals surface area (Å²) in [6.45, 7) is 4.23. The summed E-state index contributed by atoms with van der Waals surface area (Å²) in [5.41, 5.74) is 2.23. The third kappa shape index (κ3) is 2.59. The number of aliphatic hydroxyl groups is 1. The van der Waals surface area contributed by atoms with E-state index in [1.165, 1.54) is 11.6 Å². The number of halogens is 1. The van der Waals surface area contributed by atoms with Gasteiger partial charge in [-0.1, -0.05) is 56.3 Å². The molecular formula is C16H17FO. The van der Waals surface area contributed by atoms with Crippen molar-refractivity contribution >= 4 is 0 Å². The summed E-state index contributed by atoms with van der Waals surface area (Å²) in [7, 11) is 0. The SMILES string of the molecule is CC(C)c1ccc([C@@H](O)c2ccccc2F)cc1. The number of aliphatic hydroxyl groups excluding tert-OH is 1. The molecule has 0 radical (unpaired) electrons. The summed E-state index contributed by atoms with van der Waals surface area (Å²) in [6, 6.07) is 14.0. The van der Waals surface area contributed by atoms with Crippen LogP contribution in [0.5, 0.6) is 0 Å². The Kier molecular flexibility index (Phi) is 3.78. The highest BCUT2D eigenvalue weighted by atomic mass is 19.1. The number of hydrogen-bond acceptors (Lipinski definition) is 1. The molecule has 0 saturated heterocycles. The summed E-state index contributed by atoms with van der Waals surface area (Å²) in [5.74, 6) is 0.0718. The van der Waals surface area contributed by atoms with Crippen LogP contribution in [0.2, 0.25) is 0 Å². The molecule has 0 aromatic heterocycles. The minimum Gasteiger partial charge on any atom is -0.384 e. The van der Waals surface area contributed by atoms with Crippen LogP contribution in [0.1, 0.15) is 42.6 Å². The summed E-state index contributed by atoms with van der Waals surface area (Å²) < 4.78 is 13.6. The molecule has 1 N–H and O–H groups in total. The Morgan fingerprint density at radius 1 is 0.889 bits per heavy atom. The van der Waals surface area contributed by atoms with E-state index in [0.29, 0.717) is 17.0 Å². The molecule has 0 aliphatic rings. The van der Waals surface area contributed by atoms with Gasteiger partial charge in [0.25, 0.3) is 0 Å². The first-order valence-corrected chi connectivity index (χ1v) is 6.12. The standard InChI is InChI=1S/C16H17FO/c1-11(2)12-7-9-13(10-8-12)16(18)14-5-3-4-6-15(14)17/h3-11,16,18H,1-2H3/t16-/m1/s1. The zero-order valence-electron chi connectivity index (χ0n) is 10.6. The highest BCUT2D eigenvalue weighted by molar-refractivity contribution is 5.33. The quantitative estimate of drug-likeness (QED) is 0.864. The zero-order chi connectivity index (χ0) is 13.1. The molecule has 2 heteroatoms. The Bertz CT molecular complexity index is 517. The van der Waals surface area contributed by atoms with Crippen LogP contribution >= 0.6 is 0 Å². The van der Waals surface area contributed by atoms with Crippen molar-refractivity contribution in [3.05, 3.63) is 71.0 Å². The van der Waals surface area contributed by atoms with Crippen molar-refractivity contribution in [2.24, 2.45) is 0 Å². The third-order valence-corrected chi connectivity index (χ3v) is 3.12. The van der Waals surface area contributed by atoms with Crippen LogP contribution in [-0.2, 0) is 0 Å². The van der Waals surface area contributed by atoms with Gasteiger partial charge in [0.15, 0.2) is 0 Å². The highest BCUT2D eigenvalue weighted by Gasteiger charge is 2.14. The molecule has 2 aromatic carbocycles. The molecule has 18 heavy (non-hydrogen) atoms. The molecule has 1 atom stereocenters. The monoisotopic (exact) mass is 244 g/mol. The molecule has 0 amide bonds. The Hall–Kier alpha value is -1.67. The van der Waals surface area contributed by atoms with E-state index in [1.807, 2.05) is 24.3 Å².